The Hall–Kier alpha value is -2.14. The number of benzene rings is 1. The number of rotatable bonds is 4. The first-order chi connectivity index (χ1) is 11.7. The molecule has 4 nitrogen and oxygen atoms in total. The Morgan fingerprint density at radius 1 is 1.12 bits per heavy atom. The van der Waals surface area contributed by atoms with Crippen LogP contribution < -0.4 is 0 Å². The molecule has 1 saturated heterocycles. The van der Waals surface area contributed by atoms with E-state index >= 15 is 0 Å². The van der Waals surface area contributed by atoms with Gasteiger partial charge in [-0.3, -0.25) is 9.69 Å². The van der Waals surface area contributed by atoms with Crippen LogP contribution in [0.3, 0.4) is 0 Å². The lowest BCUT2D eigenvalue weighted by molar-refractivity contribution is -0.134. The molecular formula is C19H21FN2O2. The van der Waals surface area contributed by atoms with Crippen molar-refractivity contribution in [2.45, 2.75) is 18.9 Å². The van der Waals surface area contributed by atoms with Crippen LogP contribution >= 0.6 is 0 Å². The third-order valence-corrected chi connectivity index (χ3v) is 5.05. The summed E-state index contributed by atoms with van der Waals surface area (Å²) in [5.41, 5.74) is 1.08. The van der Waals surface area contributed by atoms with Gasteiger partial charge in [0.1, 0.15) is 11.6 Å². The molecule has 1 aromatic heterocycles. The van der Waals surface area contributed by atoms with Crippen LogP contribution in [0.25, 0.3) is 0 Å². The molecule has 0 spiro atoms. The molecule has 2 aliphatic rings. The minimum Gasteiger partial charge on any atom is -0.468 e. The maximum atomic E-state index is 13.0. The highest BCUT2D eigenvalue weighted by Crippen LogP contribution is 2.48. The second kappa shape index (κ2) is 6.40. The summed E-state index contributed by atoms with van der Waals surface area (Å²) >= 11 is 0. The van der Waals surface area contributed by atoms with Gasteiger partial charge in [-0.1, -0.05) is 12.1 Å². The lowest BCUT2D eigenvalue weighted by Gasteiger charge is -2.34. The maximum Gasteiger partial charge on any atom is 0.226 e. The van der Waals surface area contributed by atoms with E-state index in [2.05, 4.69) is 4.90 Å². The van der Waals surface area contributed by atoms with Crippen LogP contribution in [-0.4, -0.2) is 41.9 Å². The Morgan fingerprint density at radius 3 is 2.54 bits per heavy atom. The minimum atomic E-state index is -0.227. The predicted octanol–water partition coefficient (Wildman–Crippen LogP) is 2.87. The monoisotopic (exact) mass is 328 g/mol. The van der Waals surface area contributed by atoms with Crippen molar-refractivity contribution < 1.29 is 13.6 Å². The van der Waals surface area contributed by atoms with E-state index in [1.165, 1.54) is 12.1 Å². The van der Waals surface area contributed by atoms with Gasteiger partial charge in [-0.25, -0.2) is 4.39 Å². The number of carbonyl (C=O) groups is 1. The molecule has 1 amide bonds. The third kappa shape index (κ3) is 3.22. The van der Waals surface area contributed by atoms with Crippen LogP contribution in [0.1, 0.15) is 23.7 Å². The van der Waals surface area contributed by atoms with Crippen LogP contribution in [0.5, 0.6) is 0 Å². The first kappa shape index (κ1) is 15.4. The molecule has 0 radical (unpaired) electrons. The Bertz CT molecular complexity index is 691. The van der Waals surface area contributed by atoms with Crippen molar-refractivity contribution in [1.82, 2.24) is 9.80 Å². The highest BCUT2D eigenvalue weighted by atomic mass is 19.1. The first-order valence-electron chi connectivity index (χ1n) is 8.50. The van der Waals surface area contributed by atoms with E-state index in [-0.39, 0.29) is 23.6 Å². The van der Waals surface area contributed by atoms with E-state index in [1.54, 1.807) is 18.4 Å². The minimum absolute atomic E-state index is 0.0760. The van der Waals surface area contributed by atoms with Crippen molar-refractivity contribution in [3.63, 3.8) is 0 Å². The van der Waals surface area contributed by atoms with Gasteiger partial charge in [-0.15, -0.1) is 0 Å². The number of hydrogen-bond donors (Lipinski definition) is 0. The highest BCUT2D eigenvalue weighted by Gasteiger charge is 2.46. The molecule has 24 heavy (non-hydrogen) atoms. The van der Waals surface area contributed by atoms with E-state index in [0.717, 1.165) is 50.5 Å². The molecule has 1 aliphatic carbocycles. The number of halogens is 1. The normalized spacial score (nSPS) is 24.1. The average molecular weight is 328 g/mol. The highest BCUT2D eigenvalue weighted by molar-refractivity contribution is 5.83. The summed E-state index contributed by atoms with van der Waals surface area (Å²) in [4.78, 5) is 16.9. The fourth-order valence-electron chi connectivity index (χ4n) is 3.53. The number of nitrogens with zero attached hydrogens (tertiary/aromatic N) is 2. The zero-order chi connectivity index (χ0) is 16.5. The smallest absolute Gasteiger partial charge is 0.226 e. The second-order valence-electron chi connectivity index (χ2n) is 6.68. The largest absolute Gasteiger partial charge is 0.468 e. The molecule has 126 valence electrons. The van der Waals surface area contributed by atoms with Crippen molar-refractivity contribution in [2.24, 2.45) is 5.92 Å². The van der Waals surface area contributed by atoms with Gasteiger partial charge in [0.25, 0.3) is 0 Å². The lowest BCUT2D eigenvalue weighted by Crippen LogP contribution is -2.48. The van der Waals surface area contributed by atoms with Crippen LogP contribution in [0.4, 0.5) is 4.39 Å². The van der Waals surface area contributed by atoms with Crippen molar-refractivity contribution in [3.05, 3.63) is 59.8 Å². The third-order valence-electron chi connectivity index (χ3n) is 5.05. The van der Waals surface area contributed by atoms with Crippen molar-refractivity contribution >= 4 is 5.91 Å². The number of amides is 1. The summed E-state index contributed by atoms with van der Waals surface area (Å²) in [5, 5.41) is 0. The molecule has 0 bridgehead atoms. The van der Waals surface area contributed by atoms with E-state index in [1.807, 2.05) is 17.0 Å². The molecule has 2 heterocycles. The number of carbonyl (C=O) groups excluding carboxylic acids is 1. The molecule has 1 saturated carbocycles. The molecular weight excluding hydrogens is 307 g/mol. The molecule has 2 atom stereocenters. The van der Waals surface area contributed by atoms with Gasteiger partial charge < -0.3 is 9.32 Å². The molecule has 1 aliphatic heterocycles. The van der Waals surface area contributed by atoms with Crippen LogP contribution in [0.2, 0.25) is 0 Å². The molecule has 2 fully saturated rings. The van der Waals surface area contributed by atoms with Gasteiger partial charge in [0, 0.05) is 32.1 Å². The van der Waals surface area contributed by atoms with Crippen molar-refractivity contribution in [2.75, 3.05) is 26.2 Å². The molecule has 4 rings (SSSR count). The Labute approximate surface area is 140 Å². The number of furan rings is 1. The summed E-state index contributed by atoms with van der Waals surface area (Å²) in [6.07, 6.45) is 2.58. The van der Waals surface area contributed by atoms with Gasteiger partial charge in [0.05, 0.1) is 12.8 Å². The maximum absolute atomic E-state index is 13.0. The SMILES string of the molecule is O=C([C@@H]1C[C@H]1c1ccc(F)cc1)N1CCN(Cc2ccco2)CC1. The Balaban J connectivity index is 1.28. The molecule has 5 heteroatoms. The number of hydrogen-bond acceptors (Lipinski definition) is 3. The molecule has 0 unspecified atom stereocenters. The summed E-state index contributed by atoms with van der Waals surface area (Å²) in [5.74, 6) is 1.33. The fourth-order valence-corrected chi connectivity index (χ4v) is 3.53. The van der Waals surface area contributed by atoms with E-state index < -0.39 is 0 Å². The van der Waals surface area contributed by atoms with Crippen LogP contribution in [0, 0.1) is 11.7 Å². The van der Waals surface area contributed by atoms with E-state index in [4.69, 9.17) is 4.42 Å². The van der Waals surface area contributed by atoms with Crippen molar-refractivity contribution in [3.8, 4) is 0 Å². The fraction of sp³-hybridized carbons (Fsp3) is 0.421. The lowest BCUT2D eigenvalue weighted by atomic mass is 10.1. The molecule has 0 N–H and O–H groups in total. The van der Waals surface area contributed by atoms with Crippen LogP contribution in [0.15, 0.2) is 47.1 Å². The van der Waals surface area contributed by atoms with Gasteiger partial charge in [0.15, 0.2) is 0 Å². The molecule has 1 aromatic carbocycles. The van der Waals surface area contributed by atoms with Gasteiger partial charge >= 0.3 is 0 Å². The summed E-state index contributed by atoms with van der Waals surface area (Å²) in [7, 11) is 0. The second-order valence-corrected chi connectivity index (χ2v) is 6.68. The quantitative estimate of drug-likeness (QED) is 0.866. The Morgan fingerprint density at radius 2 is 1.88 bits per heavy atom. The summed E-state index contributed by atoms with van der Waals surface area (Å²) in [6, 6.07) is 10.4. The van der Waals surface area contributed by atoms with Crippen molar-refractivity contribution in [1.29, 1.82) is 0 Å². The molecule has 2 aromatic rings. The van der Waals surface area contributed by atoms with Gasteiger partial charge in [0.2, 0.25) is 5.91 Å². The topological polar surface area (TPSA) is 36.7 Å². The standard InChI is InChI=1S/C19H21FN2O2/c20-15-5-3-14(4-6-15)17-12-18(17)19(23)22-9-7-21(8-10-22)13-16-2-1-11-24-16/h1-6,11,17-18H,7-10,12-13H2/t17-,18+/m0/s1. The van der Waals surface area contributed by atoms with Gasteiger partial charge in [-0.05, 0) is 42.2 Å². The van der Waals surface area contributed by atoms with Gasteiger partial charge in [-0.2, -0.15) is 0 Å². The van der Waals surface area contributed by atoms with E-state index in [0.29, 0.717) is 0 Å². The van der Waals surface area contributed by atoms with Crippen LogP contribution in [-0.2, 0) is 11.3 Å². The average Bonchev–Trinajstić information content (AvgIpc) is 3.24. The zero-order valence-electron chi connectivity index (χ0n) is 13.5. The first-order valence-corrected chi connectivity index (χ1v) is 8.50. The predicted molar refractivity (Wildman–Crippen MR) is 87.8 cm³/mol. The summed E-state index contributed by atoms with van der Waals surface area (Å²) < 4.78 is 18.4. The Kier molecular flexibility index (Phi) is 4.10. The summed E-state index contributed by atoms with van der Waals surface area (Å²) in [6.45, 7) is 4.09. The zero-order valence-corrected chi connectivity index (χ0v) is 13.5. The van der Waals surface area contributed by atoms with E-state index in [9.17, 15) is 9.18 Å². The number of piperazine rings is 1.